The Morgan fingerprint density at radius 3 is 2.75 bits per heavy atom. The summed E-state index contributed by atoms with van der Waals surface area (Å²) in [5.41, 5.74) is 1.18. The molecule has 0 bridgehead atoms. The fourth-order valence-corrected chi connectivity index (χ4v) is 1.78. The molecule has 0 aromatic heterocycles. The van der Waals surface area contributed by atoms with Gasteiger partial charge in [-0.15, -0.1) is 0 Å². The molecule has 0 radical (unpaired) electrons. The monoisotopic (exact) mass is 285 g/mol. The second-order valence-corrected chi connectivity index (χ2v) is 4.52. The predicted octanol–water partition coefficient (Wildman–Crippen LogP) is 2.56. The quantitative estimate of drug-likeness (QED) is 0.867. The average molecular weight is 286 g/mol. The van der Waals surface area contributed by atoms with Crippen LogP contribution in [0.15, 0.2) is 18.2 Å². The van der Waals surface area contributed by atoms with Crippen molar-refractivity contribution in [2.24, 2.45) is 0 Å². The summed E-state index contributed by atoms with van der Waals surface area (Å²) in [6.45, 7) is 3.71. The molecular formula is C12H16BrNO2. The summed E-state index contributed by atoms with van der Waals surface area (Å²) in [7, 11) is 1.76. The lowest BCUT2D eigenvalue weighted by Gasteiger charge is -2.24. The standard InChI is InChI=1S/C12H16BrNO2/c1-8(7-13)14(3)12(16)10-5-4-6-11(15)9(10)2/h4-6,8,15H,7H2,1-3H3. The van der Waals surface area contributed by atoms with Crippen LogP contribution in [-0.2, 0) is 0 Å². The second-order valence-electron chi connectivity index (χ2n) is 3.87. The van der Waals surface area contributed by atoms with Crippen molar-refractivity contribution in [3.05, 3.63) is 29.3 Å². The minimum Gasteiger partial charge on any atom is -0.508 e. The van der Waals surface area contributed by atoms with E-state index in [-0.39, 0.29) is 17.7 Å². The zero-order valence-electron chi connectivity index (χ0n) is 9.70. The number of hydrogen-bond donors (Lipinski definition) is 1. The van der Waals surface area contributed by atoms with Gasteiger partial charge in [-0.05, 0) is 26.0 Å². The number of aromatic hydroxyl groups is 1. The van der Waals surface area contributed by atoms with Crippen molar-refractivity contribution in [1.29, 1.82) is 0 Å². The smallest absolute Gasteiger partial charge is 0.254 e. The van der Waals surface area contributed by atoms with E-state index in [4.69, 9.17) is 0 Å². The van der Waals surface area contributed by atoms with Gasteiger partial charge in [-0.2, -0.15) is 0 Å². The summed E-state index contributed by atoms with van der Waals surface area (Å²) >= 11 is 3.35. The Balaban J connectivity index is 3.01. The Morgan fingerprint density at radius 2 is 2.19 bits per heavy atom. The number of amides is 1. The van der Waals surface area contributed by atoms with Crippen LogP contribution in [-0.4, -0.2) is 34.3 Å². The first-order valence-corrected chi connectivity index (χ1v) is 6.23. The van der Waals surface area contributed by atoms with Crippen LogP contribution >= 0.6 is 15.9 Å². The van der Waals surface area contributed by atoms with Crippen molar-refractivity contribution >= 4 is 21.8 Å². The van der Waals surface area contributed by atoms with Crippen molar-refractivity contribution in [1.82, 2.24) is 4.90 Å². The molecule has 1 amide bonds. The van der Waals surface area contributed by atoms with Crippen LogP contribution in [0.25, 0.3) is 0 Å². The van der Waals surface area contributed by atoms with Gasteiger partial charge >= 0.3 is 0 Å². The van der Waals surface area contributed by atoms with E-state index in [1.165, 1.54) is 0 Å². The fraction of sp³-hybridized carbons (Fsp3) is 0.417. The lowest BCUT2D eigenvalue weighted by Crippen LogP contribution is -2.36. The molecule has 1 atom stereocenters. The van der Waals surface area contributed by atoms with Gasteiger partial charge in [-0.1, -0.05) is 22.0 Å². The normalized spacial score (nSPS) is 12.2. The molecule has 0 aliphatic heterocycles. The number of alkyl halides is 1. The average Bonchev–Trinajstić information content (AvgIpc) is 2.29. The maximum Gasteiger partial charge on any atom is 0.254 e. The number of carbonyl (C=O) groups excluding carboxylic acids is 1. The minimum atomic E-state index is -0.0691. The molecule has 1 aromatic rings. The molecule has 0 saturated heterocycles. The van der Waals surface area contributed by atoms with Crippen LogP contribution < -0.4 is 0 Å². The Kier molecular flexibility index (Phi) is 4.35. The van der Waals surface area contributed by atoms with Crippen LogP contribution in [0.4, 0.5) is 0 Å². The molecule has 1 rings (SSSR count). The SMILES string of the molecule is Cc1c(O)cccc1C(=O)N(C)C(C)CBr. The summed E-state index contributed by atoms with van der Waals surface area (Å²) in [6, 6.07) is 5.12. The highest BCUT2D eigenvalue weighted by Crippen LogP contribution is 2.21. The minimum absolute atomic E-state index is 0.0691. The van der Waals surface area contributed by atoms with Crippen molar-refractivity contribution in [3.8, 4) is 5.75 Å². The Morgan fingerprint density at radius 1 is 1.56 bits per heavy atom. The molecule has 1 aromatic carbocycles. The van der Waals surface area contributed by atoms with E-state index < -0.39 is 0 Å². The Bertz CT molecular complexity index is 393. The molecule has 4 heteroatoms. The van der Waals surface area contributed by atoms with Gasteiger partial charge in [-0.3, -0.25) is 4.79 Å². The first-order chi connectivity index (χ1) is 7.49. The van der Waals surface area contributed by atoms with Crippen LogP contribution in [0.5, 0.6) is 5.75 Å². The van der Waals surface area contributed by atoms with E-state index in [1.807, 2.05) is 6.92 Å². The number of hydrogen-bond acceptors (Lipinski definition) is 2. The molecule has 88 valence electrons. The summed E-state index contributed by atoms with van der Waals surface area (Å²) in [6.07, 6.45) is 0. The van der Waals surface area contributed by atoms with Crippen LogP contribution in [0.2, 0.25) is 0 Å². The first-order valence-electron chi connectivity index (χ1n) is 5.10. The molecule has 3 nitrogen and oxygen atoms in total. The highest BCUT2D eigenvalue weighted by Gasteiger charge is 2.19. The van der Waals surface area contributed by atoms with Gasteiger partial charge in [0.2, 0.25) is 0 Å². The molecule has 0 heterocycles. The predicted molar refractivity (Wildman–Crippen MR) is 68.2 cm³/mol. The van der Waals surface area contributed by atoms with Crippen molar-refractivity contribution in [2.75, 3.05) is 12.4 Å². The third-order valence-corrected chi connectivity index (χ3v) is 3.68. The molecule has 1 N–H and O–H groups in total. The largest absolute Gasteiger partial charge is 0.508 e. The van der Waals surface area contributed by atoms with E-state index >= 15 is 0 Å². The molecule has 1 unspecified atom stereocenters. The zero-order valence-corrected chi connectivity index (χ0v) is 11.3. The third kappa shape index (κ3) is 2.55. The number of halogens is 1. The number of phenols is 1. The number of phenolic OH excluding ortho intramolecular Hbond substituents is 1. The summed E-state index contributed by atoms with van der Waals surface area (Å²) in [5, 5.41) is 10.3. The Labute approximate surface area is 104 Å². The van der Waals surface area contributed by atoms with E-state index in [0.717, 1.165) is 5.33 Å². The van der Waals surface area contributed by atoms with Crippen LogP contribution in [0.3, 0.4) is 0 Å². The fourth-order valence-electron chi connectivity index (χ4n) is 1.35. The van der Waals surface area contributed by atoms with E-state index in [9.17, 15) is 9.90 Å². The van der Waals surface area contributed by atoms with Gasteiger partial charge < -0.3 is 10.0 Å². The van der Waals surface area contributed by atoms with Crippen LogP contribution in [0, 0.1) is 6.92 Å². The summed E-state index contributed by atoms with van der Waals surface area (Å²) in [5.74, 6) is 0.0890. The van der Waals surface area contributed by atoms with Gasteiger partial charge in [0.1, 0.15) is 5.75 Å². The molecular weight excluding hydrogens is 270 g/mol. The number of carbonyl (C=O) groups is 1. The maximum absolute atomic E-state index is 12.1. The topological polar surface area (TPSA) is 40.5 Å². The maximum atomic E-state index is 12.1. The number of benzene rings is 1. The van der Waals surface area contributed by atoms with E-state index in [1.54, 1.807) is 37.1 Å². The molecule has 16 heavy (non-hydrogen) atoms. The van der Waals surface area contributed by atoms with Crippen molar-refractivity contribution in [3.63, 3.8) is 0 Å². The van der Waals surface area contributed by atoms with Gasteiger partial charge in [0.05, 0.1) is 0 Å². The third-order valence-electron chi connectivity index (χ3n) is 2.74. The molecule has 0 aliphatic rings. The van der Waals surface area contributed by atoms with Gasteiger partial charge in [0, 0.05) is 29.5 Å². The van der Waals surface area contributed by atoms with E-state index in [2.05, 4.69) is 15.9 Å². The van der Waals surface area contributed by atoms with E-state index in [0.29, 0.717) is 11.1 Å². The van der Waals surface area contributed by atoms with Gasteiger partial charge in [0.15, 0.2) is 0 Å². The highest BCUT2D eigenvalue weighted by molar-refractivity contribution is 9.09. The lowest BCUT2D eigenvalue weighted by atomic mass is 10.1. The lowest BCUT2D eigenvalue weighted by molar-refractivity contribution is 0.0757. The molecule has 0 fully saturated rings. The second kappa shape index (κ2) is 5.34. The van der Waals surface area contributed by atoms with Gasteiger partial charge in [0.25, 0.3) is 5.91 Å². The van der Waals surface area contributed by atoms with Crippen LogP contribution in [0.1, 0.15) is 22.8 Å². The molecule has 0 aliphatic carbocycles. The Hall–Kier alpha value is -1.03. The first kappa shape index (κ1) is 13.0. The zero-order chi connectivity index (χ0) is 12.3. The number of rotatable bonds is 3. The van der Waals surface area contributed by atoms with Gasteiger partial charge in [-0.25, -0.2) is 0 Å². The summed E-state index contributed by atoms with van der Waals surface area (Å²) in [4.78, 5) is 13.8. The molecule has 0 spiro atoms. The molecule has 0 saturated carbocycles. The van der Waals surface area contributed by atoms with Crippen molar-refractivity contribution in [2.45, 2.75) is 19.9 Å². The van der Waals surface area contributed by atoms with Crippen molar-refractivity contribution < 1.29 is 9.90 Å². The summed E-state index contributed by atoms with van der Waals surface area (Å²) < 4.78 is 0. The number of nitrogens with zero attached hydrogens (tertiary/aromatic N) is 1. The highest BCUT2D eigenvalue weighted by atomic mass is 79.9.